The predicted molar refractivity (Wildman–Crippen MR) is 87.2 cm³/mol. The molecule has 22 heavy (non-hydrogen) atoms. The van der Waals surface area contributed by atoms with Gasteiger partial charge in [0, 0.05) is 19.6 Å². The lowest BCUT2D eigenvalue weighted by Crippen LogP contribution is -2.31. The number of likely N-dealkylation sites (N-methyl/N-ethyl adjacent to an activating group) is 1. The van der Waals surface area contributed by atoms with Crippen molar-refractivity contribution in [2.75, 3.05) is 39.9 Å². The SMILES string of the molecule is CCN(CC)CCNCc1ccc(OCC(N)=O)c(OC)c1. The zero-order chi connectivity index (χ0) is 16.4. The number of carbonyl (C=O) groups is 1. The van der Waals surface area contributed by atoms with Crippen molar-refractivity contribution in [2.24, 2.45) is 5.73 Å². The Hall–Kier alpha value is -1.79. The van der Waals surface area contributed by atoms with Gasteiger partial charge in [-0.2, -0.15) is 0 Å². The van der Waals surface area contributed by atoms with Crippen LogP contribution in [0.2, 0.25) is 0 Å². The summed E-state index contributed by atoms with van der Waals surface area (Å²) in [6.07, 6.45) is 0. The normalized spacial score (nSPS) is 10.7. The van der Waals surface area contributed by atoms with Gasteiger partial charge in [0.2, 0.25) is 0 Å². The first kappa shape index (κ1) is 18.3. The third-order valence-electron chi connectivity index (χ3n) is 3.43. The summed E-state index contributed by atoms with van der Waals surface area (Å²) in [6, 6.07) is 5.65. The van der Waals surface area contributed by atoms with E-state index in [-0.39, 0.29) is 6.61 Å². The third kappa shape index (κ3) is 6.32. The Balaban J connectivity index is 2.49. The van der Waals surface area contributed by atoms with E-state index in [0.717, 1.165) is 38.3 Å². The van der Waals surface area contributed by atoms with Gasteiger partial charge in [-0.1, -0.05) is 19.9 Å². The number of primary amides is 1. The van der Waals surface area contributed by atoms with Gasteiger partial charge in [0.1, 0.15) is 0 Å². The van der Waals surface area contributed by atoms with Gasteiger partial charge < -0.3 is 25.4 Å². The number of nitrogens with two attached hydrogens (primary N) is 1. The molecule has 1 rings (SSSR count). The maximum atomic E-state index is 10.8. The van der Waals surface area contributed by atoms with Crippen molar-refractivity contribution >= 4 is 5.91 Å². The van der Waals surface area contributed by atoms with Crippen molar-refractivity contribution in [3.63, 3.8) is 0 Å². The van der Waals surface area contributed by atoms with Crippen molar-refractivity contribution in [2.45, 2.75) is 20.4 Å². The van der Waals surface area contributed by atoms with Gasteiger partial charge in [-0.3, -0.25) is 4.79 Å². The number of methoxy groups -OCH3 is 1. The van der Waals surface area contributed by atoms with Gasteiger partial charge in [-0.25, -0.2) is 0 Å². The Morgan fingerprint density at radius 3 is 2.59 bits per heavy atom. The van der Waals surface area contributed by atoms with Crippen LogP contribution >= 0.6 is 0 Å². The molecule has 0 atom stereocenters. The first-order valence-corrected chi connectivity index (χ1v) is 7.61. The van der Waals surface area contributed by atoms with Crippen LogP contribution in [0.5, 0.6) is 11.5 Å². The Bertz CT molecular complexity index is 462. The lowest BCUT2D eigenvalue weighted by Gasteiger charge is -2.18. The van der Waals surface area contributed by atoms with E-state index in [2.05, 4.69) is 24.1 Å². The predicted octanol–water partition coefficient (Wildman–Crippen LogP) is 0.991. The molecule has 0 aliphatic heterocycles. The summed E-state index contributed by atoms with van der Waals surface area (Å²) in [6.45, 7) is 9.04. The average molecular weight is 309 g/mol. The Morgan fingerprint density at radius 1 is 1.27 bits per heavy atom. The number of hydrogen-bond donors (Lipinski definition) is 2. The summed E-state index contributed by atoms with van der Waals surface area (Å²) in [5.74, 6) is 0.613. The van der Waals surface area contributed by atoms with E-state index < -0.39 is 5.91 Å². The smallest absolute Gasteiger partial charge is 0.255 e. The molecule has 0 bridgehead atoms. The number of amides is 1. The van der Waals surface area contributed by atoms with Crippen molar-refractivity contribution in [3.8, 4) is 11.5 Å². The van der Waals surface area contributed by atoms with Gasteiger partial charge in [0.05, 0.1) is 7.11 Å². The van der Waals surface area contributed by atoms with Gasteiger partial charge in [0.15, 0.2) is 18.1 Å². The monoisotopic (exact) mass is 309 g/mol. The molecular formula is C16H27N3O3. The zero-order valence-electron chi connectivity index (χ0n) is 13.7. The number of nitrogens with one attached hydrogen (secondary N) is 1. The molecule has 6 heteroatoms. The number of nitrogens with zero attached hydrogens (tertiary/aromatic N) is 1. The molecule has 0 radical (unpaired) electrons. The maximum Gasteiger partial charge on any atom is 0.255 e. The molecule has 1 amide bonds. The number of carbonyl (C=O) groups excluding carboxylic acids is 1. The minimum Gasteiger partial charge on any atom is -0.493 e. The molecule has 3 N–H and O–H groups in total. The van der Waals surface area contributed by atoms with Crippen LogP contribution in [-0.4, -0.2) is 50.7 Å². The van der Waals surface area contributed by atoms with E-state index in [4.69, 9.17) is 15.2 Å². The number of ether oxygens (including phenoxy) is 2. The minimum absolute atomic E-state index is 0.155. The molecule has 6 nitrogen and oxygen atoms in total. The molecule has 1 aromatic rings. The van der Waals surface area contributed by atoms with E-state index >= 15 is 0 Å². The Kier molecular flexibility index (Phi) is 8.32. The largest absolute Gasteiger partial charge is 0.493 e. The molecule has 0 heterocycles. The van der Waals surface area contributed by atoms with Crippen LogP contribution < -0.4 is 20.5 Å². The van der Waals surface area contributed by atoms with E-state index in [9.17, 15) is 4.79 Å². The first-order valence-electron chi connectivity index (χ1n) is 7.61. The molecule has 0 saturated carbocycles. The molecule has 124 valence electrons. The second kappa shape index (κ2) is 10.0. The van der Waals surface area contributed by atoms with Crippen molar-refractivity contribution in [1.82, 2.24) is 10.2 Å². The molecule has 0 unspecified atom stereocenters. The molecule has 0 spiro atoms. The fourth-order valence-corrected chi connectivity index (χ4v) is 2.10. The van der Waals surface area contributed by atoms with E-state index in [1.807, 2.05) is 12.1 Å². The average Bonchev–Trinajstić information content (AvgIpc) is 2.53. The summed E-state index contributed by atoms with van der Waals surface area (Å²) in [5.41, 5.74) is 6.17. The summed E-state index contributed by atoms with van der Waals surface area (Å²) < 4.78 is 10.6. The molecule has 0 aromatic heterocycles. The minimum atomic E-state index is -0.510. The second-order valence-electron chi connectivity index (χ2n) is 4.94. The van der Waals surface area contributed by atoms with Crippen LogP contribution in [0.4, 0.5) is 0 Å². The highest BCUT2D eigenvalue weighted by atomic mass is 16.5. The summed E-state index contributed by atoms with van der Waals surface area (Å²) in [4.78, 5) is 13.1. The van der Waals surface area contributed by atoms with Crippen LogP contribution in [0.15, 0.2) is 18.2 Å². The van der Waals surface area contributed by atoms with Gasteiger partial charge in [0.25, 0.3) is 5.91 Å². The summed E-state index contributed by atoms with van der Waals surface area (Å²) in [5, 5.41) is 3.41. The molecule has 0 aliphatic rings. The van der Waals surface area contributed by atoms with Gasteiger partial charge in [-0.05, 0) is 30.8 Å². The van der Waals surface area contributed by atoms with E-state index in [0.29, 0.717) is 11.5 Å². The van der Waals surface area contributed by atoms with E-state index in [1.165, 1.54) is 0 Å². The topological polar surface area (TPSA) is 76.8 Å². The van der Waals surface area contributed by atoms with E-state index in [1.54, 1.807) is 13.2 Å². The Labute approximate surface area is 132 Å². The number of benzene rings is 1. The lowest BCUT2D eigenvalue weighted by atomic mass is 10.2. The standard InChI is InChI=1S/C16H27N3O3/c1-4-19(5-2)9-8-18-11-13-6-7-14(15(10-13)21-3)22-12-16(17)20/h6-7,10,18H,4-5,8-9,11-12H2,1-3H3,(H2,17,20). The van der Waals surface area contributed by atoms with Crippen LogP contribution in [-0.2, 0) is 11.3 Å². The maximum absolute atomic E-state index is 10.8. The molecule has 1 aromatic carbocycles. The van der Waals surface area contributed by atoms with Crippen LogP contribution in [0.25, 0.3) is 0 Å². The highest BCUT2D eigenvalue weighted by molar-refractivity contribution is 5.75. The van der Waals surface area contributed by atoms with Gasteiger partial charge >= 0.3 is 0 Å². The highest BCUT2D eigenvalue weighted by Gasteiger charge is 2.07. The first-order chi connectivity index (χ1) is 10.6. The fourth-order valence-electron chi connectivity index (χ4n) is 2.10. The van der Waals surface area contributed by atoms with Crippen LogP contribution in [0.1, 0.15) is 19.4 Å². The second-order valence-corrected chi connectivity index (χ2v) is 4.94. The third-order valence-corrected chi connectivity index (χ3v) is 3.43. The molecule has 0 aliphatic carbocycles. The quantitative estimate of drug-likeness (QED) is 0.596. The zero-order valence-corrected chi connectivity index (χ0v) is 13.7. The Morgan fingerprint density at radius 2 is 2.00 bits per heavy atom. The fraction of sp³-hybridized carbons (Fsp3) is 0.562. The van der Waals surface area contributed by atoms with Crippen molar-refractivity contribution in [3.05, 3.63) is 23.8 Å². The van der Waals surface area contributed by atoms with Crippen molar-refractivity contribution < 1.29 is 14.3 Å². The van der Waals surface area contributed by atoms with Crippen LogP contribution in [0.3, 0.4) is 0 Å². The molecular weight excluding hydrogens is 282 g/mol. The highest BCUT2D eigenvalue weighted by Crippen LogP contribution is 2.27. The van der Waals surface area contributed by atoms with Crippen molar-refractivity contribution in [1.29, 1.82) is 0 Å². The molecule has 0 saturated heterocycles. The summed E-state index contributed by atoms with van der Waals surface area (Å²) in [7, 11) is 1.57. The van der Waals surface area contributed by atoms with Crippen LogP contribution in [0, 0.1) is 0 Å². The van der Waals surface area contributed by atoms with Gasteiger partial charge in [-0.15, -0.1) is 0 Å². The molecule has 0 fully saturated rings. The number of hydrogen-bond acceptors (Lipinski definition) is 5. The lowest BCUT2D eigenvalue weighted by molar-refractivity contribution is -0.119. The number of rotatable bonds is 11. The summed E-state index contributed by atoms with van der Waals surface area (Å²) >= 11 is 0.